The zero-order valence-electron chi connectivity index (χ0n) is 21.5. The molecule has 0 N–H and O–H groups in total. The van der Waals surface area contributed by atoms with Crippen molar-refractivity contribution in [3.05, 3.63) is 60.2 Å². The first-order valence-corrected chi connectivity index (χ1v) is 13.1. The third kappa shape index (κ3) is 7.90. The van der Waals surface area contributed by atoms with Gasteiger partial charge in [-0.3, -0.25) is 0 Å². The Balaban J connectivity index is 1.31. The zero-order chi connectivity index (χ0) is 28.2. The molecule has 0 bridgehead atoms. The van der Waals surface area contributed by atoms with Crippen molar-refractivity contribution in [2.75, 3.05) is 7.11 Å². The molecule has 2 saturated carbocycles. The summed E-state index contributed by atoms with van der Waals surface area (Å²) in [5.41, 5.74) is 0.112. The molecule has 2 aliphatic carbocycles. The van der Waals surface area contributed by atoms with Crippen LogP contribution in [-0.2, 0) is 4.74 Å². The van der Waals surface area contributed by atoms with E-state index in [-0.39, 0.29) is 22.8 Å². The number of rotatable bonds is 8. The second kappa shape index (κ2) is 12.2. The van der Waals surface area contributed by atoms with Gasteiger partial charge in [0.15, 0.2) is 11.6 Å². The van der Waals surface area contributed by atoms with Gasteiger partial charge in [0, 0.05) is 7.11 Å². The van der Waals surface area contributed by atoms with Crippen molar-refractivity contribution in [3.8, 4) is 22.6 Å². The molecule has 2 aromatic rings. The number of ether oxygens (including phenoxy) is 3. The molecule has 10 heteroatoms. The van der Waals surface area contributed by atoms with Gasteiger partial charge in [-0.05, 0) is 98.6 Å². The van der Waals surface area contributed by atoms with Crippen LogP contribution in [0.5, 0.6) is 11.5 Å². The van der Waals surface area contributed by atoms with Crippen molar-refractivity contribution in [3.63, 3.8) is 0 Å². The molecule has 2 aliphatic rings. The van der Waals surface area contributed by atoms with E-state index in [9.17, 15) is 30.7 Å². The lowest BCUT2D eigenvalue weighted by Crippen LogP contribution is -2.37. The monoisotopic (exact) mass is 560 g/mol. The van der Waals surface area contributed by atoms with Crippen LogP contribution in [0.3, 0.4) is 0 Å². The molecule has 0 aliphatic heterocycles. The van der Waals surface area contributed by atoms with E-state index in [1.165, 1.54) is 24.3 Å². The first-order chi connectivity index (χ1) is 18.4. The minimum atomic E-state index is -5.26. The summed E-state index contributed by atoms with van der Waals surface area (Å²) < 4.78 is 109. The highest BCUT2D eigenvalue weighted by Gasteiger charge is 2.43. The van der Waals surface area contributed by atoms with Gasteiger partial charge in [0.25, 0.3) is 0 Å². The van der Waals surface area contributed by atoms with Crippen LogP contribution in [0.25, 0.3) is 11.1 Å². The summed E-state index contributed by atoms with van der Waals surface area (Å²) in [4.78, 5) is 0. The maximum Gasteiger partial charge on any atom is 0.573 e. The Morgan fingerprint density at radius 3 is 1.69 bits per heavy atom. The minimum Gasteiger partial charge on any atom is -0.432 e. The lowest BCUT2D eigenvalue weighted by atomic mass is 9.80. The van der Waals surface area contributed by atoms with Gasteiger partial charge in [0.05, 0.1) is 12.0 Å². The molecule has 0 atom stereocenters. The van der Waals surface area contributed by atoms with Gasteiger partial charge in [-0.1, -0.05) is 24.3 Å². The molecule has 214 valence electrons. The zero-order valence-corrected chi connectivity index (χ0v) is 21.5. The maximum atomic E-state index is 14.9. The molecule has 39 heavy (non-hydrogen) atoms. The largest absolute Gasteiger partial charge is 0.573 e. The number of alkyl halides is 5. The molecule has 2 fully saturated rings. The molecule has 3 nitrogen and oxygen atoms in total. The molecular formula is C29H31F7O3. The van der Waals surface area contributed by atoms with Crippen LogP contribution in [0.1, 0.15) is 51.4 Å². The summed E-state index contributed by atoms with van der Waals surface area (Å²) >= 11 is 0. The summed E-state index contributed by atoms with van der Waals surface area (Å²) in [5.74, 6) is -4.94. The second-order valence-electron chi connectivity index (χ2n) is 10.3. The van der Waals surface area contributed by atoms with E-state index < -0.39 is 35.8 Å². The van der Waals surface area contributed by atoms with Crippen LogP contribution in [0, 0.1) is 29.4 Å². The predicted octanol–water partition coefficient (Wildman–Crippen LogP) is 9.07. The lowest BCUT2D eigenvalue weighted by molar-refractivity contribution is -0.276. The SMILES string of the molecule is COC1CCC(/C=C/C2CCC(C(F)(F)Oc3ccc(-c4cc(F)c(OC(F)(F)F)c(F)c4)cc3)CC2)CC1. The van der Waals surface area contributed by atoms with Crippen molar-refractivity contribution < 1.29 is 44.9 Å². The Hall–Kier alpha value is -2.75. The van der Waals surface area contributed by atoms with Gasteiger partial charge >= 0.3 is 12.5 Å². The topological polar surface area (TPSA) is 27.7 Å². The van der Waals surface area contributed by atoms with Crippen molar-refractivity contribution in [2.45, 2.75) is 69.9 Å². The number of halogens is 7. The molecule has 0 saturated heterocycles. The van der Waals surface area contributed by atoms with E-state index in [2.05, 4.69) is 16.9 Å². The number of hydrogen-bond donors (Lipinski definition) is 0. The van der Waals surface area contributed by atoms with Crippen molar-refractivity contribution >= 4 is 0 Å². The summed E-state index contributed by atoms with van der Waals surface area (Å²) in [6, 6.07) is 6.40. The van der Waals surface area contributed by atoms with Crippen molar-refractivity contribution in [2.24, 2.45) is 17.8 Å². The van der Waals surface area contributed by atoms with Gasteiger partial charge in [0.1, 0.15) is 5.75 Å². The van der Waals surface area contributed by atoms with Gasteiger partial charge in [-0.15, -0.1) is 13.2 Å². The van der Waals surface area contributed by atoms with E-state index in [1.54, 1.807) is 7.11 Å². The molecular weight excluding hydrogens is 529 g/mol. The van der Waals surface area contributed by atoms with Gasteiger partial charge in [0.2, 0.25) is 5.75 Å². The summed E-state index contributed by atoms with van der Waals surface area (Å²) in [6.07, 6.45) is 2.28. The average molecular weight is 561 g/mol. The van der Waals surface area contributed by atoms with Crippen LogP contribution in [0.2, 0.25) is 0 Å². The Morgan fingerprint density at radius 1 is 0.692 bits per heavy atom. The molecule has 0 amide bonds. The Kier molecular flexibility index (Phi) is 9.14. The molecule has 0 radical (unpaired) electrons. The van der Waals surface area contributed by atoms with Crippen LogP contribution in [0.15, 0.2) is 48.6 Å². The summed E-state index contributed by atoms with van der Waals surface area (Å²) in [5, 5.41) is 0. The smallest absolute Gasteiger partial charge is 0.432 e. The Morgan fingerprint density at radius 2 is 1.21 bits per heavy atom. The first-order valence-electron chi connectivity index (χ1n) is 13.1. The summed E-state index contributed by atoms with van der Waals surface area (Å²) in [6.45, 7) is 0. The third-order valence-corrected chi connectivity index (χ3v) is 7.61. The fourth-order valence-corrected chi connectivity index (χ4v) is 5.37. The Labute approximate surface area is 222 Å². The van der Waals surface area contributed by atoms with Crippen LogP contribution in [0.4, 0.5) is 30.7 Å². The molecule has 0 unspecified atom stereocenters. The highest BCUT2D eigenvalue weighted by molar-refractivity contribution is 5.65. The van der Waals surface area contributed by atoms with Crippen LogP contribution < -0.4 is 9.47 Å². The Bertz CT molecular complexity index is 1090. The van der Waals surface area contributed by atoms with E-state index in [0.717, 1.165) is 25.7 Å². The fraction of sp³-hybridized carbons (Fsp3) is 0.517. The van der Waals surface area contributed by atoms with E-state index >= 15 is 0 Å². The number of hydrogen-bond acceptors (Lipinski definition) is 3. The van der Waals surface area contributed by atoms with E-state index in [0.29, 0.717) is 49.8 Å². The van der Waals surface area contributed by atoms with Crippen molar-refractivity contribution in [1.29, 1.82) is 0 Å². The van der Waals surface area contributed by atoms with E-state index in [4.69, 9.17) is 9.47 Å². The quantitative estimate of drug-likeness (QED) is 0.238. The van der Waals surface area contributed by atoms with E-state index in [1.807, 2.05) is 0 Å². The predicted molar refractivity (Wildman–Crippen MR) is 131 cm³/mol. The second-order valence-corrected chi connectivity index (χ2v) is 10.3. The molecule has 0 spiro atoms. The highest BCUT2D eigenvalue weighted by atomic mass is 19.4. The maximum absolute atomic E-state index is 14.9. The number of allylic oxidation sites excluding steroid dienone is 2. The molecule has 4 rings (SSSR count). The van der Waals surface area contributed by atoms with Crippen LogP contribution >= 0.6 is 0 Å². The first kappa shape index (κ1) is 29.2. The third-order valence-electron chi connectivity index (χ3n) is 7.61. The number of benzene rings is 2. The minimum absolute atomic E-state index is 0.0871. The number of methoxy groups -OCH3 is 1. The molecule has 0 heterocycles. The standard InChI is InChI=1S/C29H31F7O3/c1-37-23-12-6-19(7-13-23)3-2-18-4-10-22(11-5-18)28(32,33)38-24-14-8-20(9-15-24)21-16-25(30)27(26(31)17-21)39-29(34,35)36/h2-3,8-9,14-19,22-23H,4-7,10-13H2,1H3/b3-2+. The van der Waals surface area contributed by atoms with Crippen LogP contribution in [-0.4, -0.2) is 25.7 Å². The molecule has 0 aromatic heterocycles. The average Bonchev–Trinajstić information content (AvgIpc) is 2.89. The highest BCUT2D eigenvalue weighted by Crippen LogP contribution is 2.41. The lowest BCUT2D eigenvalue weighted by Gasteiger charge is -2.32. The van der Waals surface area contributed by atoms with Gasteiger partial charge in [-0.2, -0.15) is 8.78 Å². The summed E-state index contributed by atoms with van der Waals surface area (Å²) in [7, 11) is 1.74. The van der Waals surface area contributed by atoms with Crippen molar-refractivity contribution in [1.82, 2.24) is 0 Å². The fourth-order valence-electron chi connectivity index (χ4n) is 5.37. The normalized spacial score (nSPS) is 24.6. The molecule has 2 aromatic carbocycles. The van der Waals surface area contributed by atoms with Gasteiger partial charge < -0.3 is 14.2 Å². The van der Waals surface area contributed by atoms with Gasteiger partial charge in [-0.25, -0.2) is 8.78 Å².